The molecule has 0 spiro atoms. The molecule has 6 aromatic rings. The van der Waals surface area contributed by atoms with E-state index in [0.29, 0.717) is 59.4 Å². The molecule has 454 valence electrons. The van der Waals surface area contributed by atoms with Crippen LogP contribution in [0.1, 0.15) is 104 Å². The van der Waals surface area contributed by atoms with Gasteiger partial charge in [-0.25, -0.2) is 28.5 Å². The van der Waals surface area contributed by atoms with Gasteiger partial charge in [0.15, 0.2) is 29.0 Å². The summed E-state index contributed by atoms with van der Waals surface area (Å²) in [5.74, 6) is -2.52. The number of aromatic nitrogens is 9. The number of aliphatic carboxylic acids is 1. The summed E-state index contributed by atoms with van der Waals surface area (Å²) in [6, 6.07) is 16.3. The number of fused-ring (bicyclic) bond motifs is 5. The van der Waals surface area contributed by atoms with E-state index in [4.69, 9.17) is 64.9 Å². The number of aliphatic hydroxyl groups is 3. The summed E-state index contributed by atoms with van der Waals surface area (Å²) >= 11 is 0. The molecule has 31 nitrogen and oxygen atoms in total. The van der Waals surface area contributed by atoms with Gasteiger partial charge in [-0.05, 0) is 83.4 Å². The van der Waals surface area contributed by atoms with Gasteiger partial charge in [-0.15, -0.1) is 0 Å². The van der Waals surface area contributed by atoms with E-state index >= 15 is 0 Å². The Balaban J connectivity index is 0.000000159. The average molecular weight is 1180 g/mol. The number of nitrogens with two attached hydrogens (primary N) is 3. The summed E-state index contributed by atoms with van der Waals surface area (Å²) in [7, 11) is 0. The Bertz CT molecular complexity index is 3540. The summed E-state index contributed by atoms with van der Waals surface area (Å²) in [6.07, 6.45) is -1.32. The van der Waals surface area contributed by atoms with E-state index in [1.165, 1.54) is 38.6 Å². The van der Waals surface area contributed by atoms with Crippen molar-refractivity contribution in [3.05, 3.63) is 72.5 Å². The molecule has 0 aliphatic carbocycles. The first-order valence-electron chi connectivity index (χ1n) is 27.2. The van der Waals surface area contributed by atoms with Crippen molar-refractivity contribution in [3.8, 4) is 18.2 Å². The fourth-order valence-electron chi connectivity index (χ4n) is 10.6. The van der Waals surface area contributed by atoms with Gasteiger partial charge in [-0.1, -0.05) is 20.8 Å². The molecule has 0 bridgehead atoms. The van der Waals surface area contributed by atoms with E-state index in [-0.39, 0.29) is 49.5 Å². The van der Waals surface area contributed by atoms with Crippen LogP contribution in [0.3, 0.4) is 0 Å². The van der Waals surface area contributed by atoms with Crippen molar-refractivity contribution in [3.63, 3.8) is 0 Å². The lowest BCUT2D eigenvalue weighted by atomic mass is 9.92. The molecule has 12 atom stereocenters. The van der Waals surface area contributed by atoms with E-state index in [1.807, 2.05) is 26.8 Å². The summed E-state index contributed by atoms with van der Waals surface area (Å²) < 4.78 is 56.4. The molecule has 0 aromatic carbocycles. The summed E-state index contributed by atoms with van der Waals surface area (Å²) in [5.41, 5.74) is 15.3. The van der Waals surface area contributed by atoms with Crippen molar-refractivity contribution in [2.45, 2.75) is 170 Å². The highest BCUT2D eigenvalue weighted by atomic mass is 16.8. The lowest BCUT2D eigenvalue weighted by molar-refractivity contribution is -0.207. The first-order chi connectivity index (χ1) is 40.4. The highest BCUT2D eigenvalue weighted by Crippen LogP contribution is 2.51. The Morgan fingerprint density at radius 3 is 1.29 bits per heavy atom. The van der Waals surface area contributed by atoms with E-state index in [9.17, 15) is 45.5 Å². The van der Waals surface area contributed by atoms with Crippen LogP contribution in [-0.4, -0.2) is 168 Å². The Labute approximate surface area is 485 Å². The monoisotopic (exact) mass is 1180 g/mol. The minimum atomic E-state index is -1.89. The molecule has 0 radical (unpaired) electrons. The van der Waals surface area contributed by atoms with Crippen LogP contribution in [0.5, 0.6) is 0 Å². The largest absolute Gasteiger partial charge is 0.481 e. The van der Waals surface area contributed by atoms with Crippen LogP contribution in [0.2, 0.25) is 0 Å². The van der Waals surface area contributed by atoms with Gasteiger partial charge in [0, 0.05) is 19.3 Å². The number of aliphatic hydroxyl groups excluding tert-OH is 3. The van der Waals surface area contributed by atoms with Gasteiger partial charge in [-0.3, -0.25) is 14.4 Å². The third-order valence-electron chi connectivity index (χ3n) is 14.4. The number of nitriles is 3. The molecule has 5 saturated heterocycles. The number of nitrogens with zero attached hydrogens (tertiary/aromatic N) is 12. The Kier molecular flexibility index (Phi) is 18.6. The average Bonchev–Trinajstić information content (AvgIpc) is 1.76. The molecular formula is C54H67N15O16. The first-order valence-corrected chi connectivity index (χ1v) is 27.2. The van der Waals surface area contributed by atoms with Gasteiger partial charge >= 0.3 is 17.9 Å². The number of carboxylic acids is 1. The predicted octanol–water partition coefficient (Wildman–Crippen LogP) is 1.60. The van der Waals surface area contributed by atoms with Crippen molar-refractivity contribution in [2.24, 2.45) is 0 Å². The fraction of sp³-hybridized carbons (Fsp3) is 0.556. The second-order valence-electron chi connectivity index (χ2n) is 21.2. The van der Waals surface area contributed by atoms with Crippen molar-refractivity contribution >= 4 is 51.9 Å². The van der Waals surface area contributed by atoms with Crippen LogP contribution in [-0.2, 0) is 73.8 Å². The standard InChI is InChI=1S/C19H23N5O5.C16H19N5O5.C15H17N5O4.C4H8O2/c1-4-5-14(25)26-8-12-15-16(29-18(2,3)28-15)19(9-20,27-12)13-7-6-11-17(21)22-10-23-24(11)13;1-2-3-12(22)25-6-10-13(23)14(24)16(7-17,26-10)11-5-4-9-15(18)19-8-20-21(9)11;1-14(2)23-11-9(5-21)22-15(6-16,12(11)24-14)10-4-3-8-13(17)18-7-19-20(8)10;1-2-3-4(5)6/h6-7,10,12,15-16H,4-5,8H2,1-3H3,(H2,21,22,23);4-5,8,10,13-14,23-24H,2-3,6H2,1H3,(H2,18,19,20);3-4,7,9,11-12,21H,5H2,1-2H3,(H2,17,18,19);2-3H2,1H3,(H,5,6)/t12-,15-,16-,19+;10-,13-,14-,16+;9-,11-,12-,15+;/m111./s1. The number of nitrogen functional groups attached to an aromatic ring is 3. The summed E-state index contributed by atoms with van der Waals surface area (Å²) in [5, 5.41) is 80.7. The van der Waals surface area contributed by atoms with E-state index in [1.54, 1.807) is 58.0 Å². The van der Waals surface area contributed by atoms with E-state index < -0.39 is 95.3 Å². The number of carbonyl (C=O) groups excluding carboxylic acids is 2. The molecule has 11 heterocycles. The molecule has 5 aliphatic rings. The highest BCUT2D eigenvalue weighted by molar-refractivity contribution is 5.70. The maximum atomic E-state index is 11.8. The zero-order valence-electron chi connectivity index (χ0n) is 47.5. The van der Waals surface area contributed by atoms with Gasteiger partial charge in [-0.2, -0.15) is 31.1 Å². The molecule has 11 rings (SSSR count). The molecule has 0 saturated carbocycles. The molecule has 85 heavy (non-hydrogen) atoms. The molecule has 5 fully saturated rings. The van der Waals surface area contributed by atoms with E-state index in [0.717, 1.165) is 6.42 Å². The number of hydrogen-bond acceptors (Lipinski definition) is 27. The van der Waals surface area contributed by atoms with Gasteiger partial charge in [0.25, 0.3) is 0 Å². The van der Waals surface area contributed by atoms with Crippen LogP contribution < -0.4 is 17.2 Å². The topological polar surface area (TPSA) is 455 Å². The maximum absolute atomic E-state index is 11.8. The quantitative estimate of drug-likeness (QED) is 0.0761. The van der Waals surface area contributed by atoms with Crippen molar-refractivity contribution in [1.82, 2.24) is 43.8 Å². The number of esters is 2. The van der Waals surface area contributed by atoms with E-state index in [2.05, 4.69) is 42.4 Å². The second-order valence-corrected chi connectivity index (χ2v) is 21.2. The number of carboxylic acid groups (broad SMARTS) is 1. The van der Waals surface area contributed by atoms with Crippen LogP contribution in [0.25, 0.3) is 16.6 Å². The molecule has 6 aromatic heterocycles. The minimum absolute atomic E-state index is 0.0384. The summed E-state index contributed by atoms with van der Waals surface area (Å²) in [6.45, 7) is 12.0. The predicted molar refractivity (Wildman–Crippen MR) is 290 cm³/mol. The van der Waals surface area contributed by atoms with Crippen LogP contribution in [0.15, 0.2) is 55.4 Å². The molecule has 31 heteroatoms. The number of carbonyl (C=O) groups is 3. The molecule has 0 unspecified atom stereocenters. The summed E-state index contributed by atoms with van der Waals surface area (Å²) in [4.78, 5) is 44.8. The highest BCUT2D eigenvalue weighted by Gasteiger charge is 2.67. The molecular weight excluding hydrogens is 1110 g/mol. The Morgan fingerprint density at radius 2 is 0.929 bits per heavy atom. The Morgan fingerprint density at radius 1 is 0.565 bits per heavy atom. The van der Waals surface area contributed by atoms with Crippen LogP contribution in [0, 0.1) is 34.0 Å². The zero-order valence-corrected chi connectivity index (χ0v) is 47.5. The lowest BCUT2D eigenvalue weighted by Crippen LogP contribution is -2.41. The second kappa shape index (κ2) is 25.1. The van der Waals surface area contributed by atoms with Crippen LogP contribution >= 0.6 is 0 Å². The third kappa shape index (κ3) is 11.9. The third-order valence-corrected chi connectivity index (χ3v) is 14.4. The lowest BCUT2D eigenvalue weighted by Gasteiger charge is -2.28. The number of anilines is 3. The van der Waals surface area contributed by atoms with Crippen molar-refractivity contribution in [2.75, 3.05) is 37.0 Å². The van der Waals surface area contributed by atoms with Gasteiger partial charge in [0.2, 0.25) is 16.8 Å². The molecule has 5 aliphatic heterocycles. The van der Waals surface area contributed by atoms with Gasteiger partial charge < -0.3 is 80.3 Å². The van der Waals surface area contributed by atoms with Gasteiger partial charge in [0.1, 0.15) is 122 Å². The number of ether oxygens (including phenoxy) is 9. The zero-order chi connectivity index (χ0) is 61.8. The Hall–Kier alpha value is -8.26. The fourth-order valence-corrected chi connectivity index (χ4v) is 10.6. The smallest absolute Gasteiger partial charge is 0.305 e. The first kappa shape index (κ1) is 62.8. The minimum Gasteiger partial charge on any atom is -0.481 e. The molecule has 10 N–H and O–H groups in total. The number of hydrogen-bond donors (Lipinski definition) is 7. The van der Waals surface area contributed by atoms with Crippen LogP contribution in [0.4, 0.5) is 17.5 Å². The molecule has 0 amide bonds. The van der Waals surface area contributed by atoms with Crippen molar-refractivity contribution < 1.29 is 77.4 Å². The number of rotatable bonds is 14. The van der Waals surface area contributed by atoms with Gasteiger partial charge in [0.05, 0.1) is 23.7 Å². The SMILES string of the molecule is CC1(C)O[C@H]2[C@@H](O1)[C@](C#N)(c1ccc3c(N)ncnn13)O[C@@H]2CO.CCCC(=O)O.CCCC(=O)OC[C@H]1O[C@@](C#N)(c2ccc3c(N)ncnn23)[C@@H]2OC(C)(C)O[C@@H]21.CCCC(=O)OC[C@H]1O[C@@](C#N)(c2ccc3c(N)ncnn23)[C@H](O)[C@@H]1O. The normalized spacial score (nSPS) is 29.2. The van der Waals surface area contributed by atoms with Crippen molar-refractivity contribution in [1.29, 1.82) is 15.8 Å². The maximum Gasteiger partial charge on any atom is 0.305 e.